The Morgan fingerprint density at radius 3 is 2.47 bits per heavy atom. The van der Waals surface area contributed by atoms with E-state index in [1.807, 2.05) is 0 Å². The Labute approximate surface area is 96.7 Å². The summed E-state index contributed by atoms with van der Waals surface area (Å²) in [6.45, 7) is 13.1. The molecule has 0 aromatic carbocycles. The molecular weight excluding hydrogens is 209 g/mol. The Bertz CT molecular complexity index is 248. The fourth-order valence-electron chi connectivity index (χ4n) is 1.12. The lowest BCUT2D eigenvalue weighted by molar-refractivity contribution is 0.358. The second-order valence-electron chi connectivity index (χ2n) is 3.40. The Balaban J connectivity index is 4.31. The van der Waals surface area contributed by atoms with Gasteiger partial charge in [0, 0.05) is 16.7 Å². The molecule has 0 aliphatic carbocycles. The number of allylic oxidation sites excluding steroid dienone is 3. The molecule has 86 valence electrons. The maximum absolute atomic E-state index is 13.2. The number of rotatable bonds is 7. The van der Waals surface area contributed by atoms with Crippen molar-refractivity contribution < 1.29 is 4.39 Å². The number of hydrogen-bond acceptors (Lipinski definition) is 2. The van der Waals surface area contributed by atoms with E-state index in [9.17, 15) is 4.39 Å². The SMILES string of the molecule is C=C/C(F)=C(\C=C)SC(C)CN(C)CC. The van der Waals surface area contributed by atoms with Crippen molar-refractivity contribution in [1.82, 2.24) is 4.90 Å². The van der Waals surface area contributed by atoms with Gasteiger partial charge in [-0.15, -0.1) is 11.8 Å². The minimum absolute atomic E-state index is 0.291. The molecule has 0 saturated carbocycles. The van der Waals surface area contributed by atoms with Crippen molar-refractivity contribution in [2.45, 2.75) is 19.1 Å². The third-order valence-corrected chi connectivity index (χ3v) is 3.20. The van der Waals surface area contributed by atoms with Crippen LogP contribution < -0.4 is 0 Å². The van der Waals surface area contributed by atoms with Crippen molar-refractivity contribution in [1.29, 1.82) is 0 Å². The molecule has 0 bridgehead atoms. The van der Waals surface area contributed by atoms with E-state index < -0.39 is 0 Å². The number of nitrogens with zero attached hydrogens (tertiary/aromatic N) is 1. The molecule has 15 heavy (non-hydrogen) atoms. The average molecular weight is 229 g/mol. The van der Waals surface area contributed by atoms with Gasteiger partial charge in [-0.25, -0.2) is 4.39 Å². The molecule has 0 saturated heterocycles. The fraction of sp³-hybridized carbons (Fsp3) is 0.500. The number of thioether (sulfide) groups is 1. The predicted molar refractivity (Wildman–Crippen MR) is 68.8 cm³/mol. The largest absolute Gasteiger partial charge is 0.306 e. The lowest BCUT2D eigenvalue weighted by Gasteiger charge is -2.19. The van der Waals surface area contributed by atoms with Crippen LogP contribution in [0.25, 0.3) is 0 Å². The van der Waals surface area contributed by atoms with Crippen molar-refractivity contribution in [2.24, 2.45) is 0 Å². The van der Waals surface area contributed by atoms with E-state index in [1.54, 1.807) is 6.08 Å². The van der Waals surface area contributed by atoms with E-state index in [4.69, 9.17) is 0 Å². The Hall–Kier alpha value is -0.540. The summed E-state index contributed by atoms with van der Waals surface area (Å²) in [4.78, 5) is 2.77. The van der Waals surface area contributed by atoms with Gasteiger partial charge in [-0.05, 0) is 19.7 Å². The lowest BCUT2D eigenvalue weighted by atomic mass is 10.4. The van der Waals surface area contributed by atoms with Crippen molar-refractivity contribution >= 4 is 11.8 Å². The molecule has 0 amide bonds. The summed E-state index contributed by atoms with van der Waals surface area (Å²) in [5.74, 6) is -0.291. The number of hydrogen-bond donors (Lipinski definition) is 0. The molecule has 0 N–H and O–H groups in total. The summed E-state index contributed by atoms with van der Waals surface area (Å²) >= 11 is 1.49. The maximum Gasteiger partial charge on any atom is 0.136 e. The normalized spacial score (nSPS) is 14.7. The van der Waals surface area contributed by atoms with Crippen LogP contribution in [0.5, 0.6) is 0 Å². The first-order valence-electron chi connectivity index (χ1n) is 5.05. The van der Waals surface area contributed by atoms with Gasteiger partial charge >= 0.3 is 0 Å². The Morgan fingerprint density at radius 2 is 2.07 bits per heavy atom. The van der Waals surface area contributed by atoms with Crippen LogP contribution in [0.2, 0.25) is 0 Å². The van der Waals surface area contributed by atoms with Gasteiger partial charge in [0.05, 0.1) is 0 Å². The molecule has 0 spiro atoms. The fourth-order valence-corrected chi connectivity index (χ4v) is 2.18. The summed E-state index contributed by atoms with van der Waals surface area (Å²) in [7, 11) is 2.05. The van der Waals surface area contributed by atoms with Crippen LogP contribution in [-0.2, 0) is 0 Å². The topological polar surface area (TPSA) is 3.24 Å². The minimum atomic E-state index is -0.291. The highest BCUT2D eigenvalue weighted by molar-refractivity contribution is 8.03. The first-order valence-corrected chi connectivity index (χ1v) is 5.92. The molecule has 3 heteroatoms. The van der Waals surface area contributed by atoms with Crippen LogP contribution >= 0.6 is 11.8 Å². The van der Waals surface area contributed by atoms with E-state index in [0.29, 0.717) is 10.2 Å². The zero-order chi connectivity index (χ0) is 11.8. The van der Waals surface area contributed by atoms with Crippen LogP contribution in [0.4, 0.5) is 4.39 Å². The van der Waals surface area contributed by atoms with Gasteiger partial charge in [0.15, 0.2) is 0 Å². The van der Waals surface area contributed by atoms with E-state index in [-0.39, 0.29) is 5.83 Å². The van der Waals surface area contributed by atoms with Crippen LogP contribution in [0.3, 0.4) is 0 Å². The molecule has 0 heterocycles. The summed E-state index contributed by atoms with van der Waals surface area (Å²) < 4.78 is 13.2. The van der Waals surface area contributed by atoms with E-state index >= 15 is 0 Å². The van der Waals surface area contributed by atoms with Gasteiger partial charge in [0.25, 0.3) is 0 Å². The van der Waals surface area contributed by atoms with Gasteiger partial charge < -0.3 is 4.90 Å². The molecule has 1 unspecified atom stereocenters. The summed E-state index contributed by atoms with van der Waals surface area (Å²) in [5.41, 5.74) is 0. The van der Waals surface area contributed by atoms with Crippen molar-refractivity contribution in [2.75, 3.05) is 20.1 Å². The monoisotopic (exact) mass is 229 g/mol. The molecule has 1 nitrogen and oxygen atoms in total. The maximum atomic E-state index is 13.2. The predicted octanol–water partition coefficient (Wildman–Crippen LogP) is 3.61. The van der Waals surface area contributed by atoms with Crippen LogP contribution in [-0.4, -0.2) is 30.3 Å². The van der Waals surface area contributed by atoms with E-state index in [1.165, 1.54) is 17.8 Å². The zero-order valence-corrected chi connectivity index (χ0v) is 10.6. The zero-order valence-electron chi connectivity index (χ0n) is 9.79. The molecule has 0 fully saturated rings. The Kier molecular flexibility index (Phi) is 7.44. The third-order valence-electron chi connectivity index (χ3n) is 2.04. The third kappa shape index (κ3) is 5.80. The van der Waals surface area contributed by atoms with E-state index in [2.05, 4.69) is 39.0 Å². The van der Waals surface area contributed by atoms with Gasteiger partial charge in [-0.2, -0.15) is 0 Å². The first-order chi connectivity index (χ1) is 7.04. The highest BCUT2D eigenvalue weighted by Crippen LogP contribution is 2.27. The van der Waals surface area contributed by atoms with Crippen LogP contribution in [0, 0.1) is 0 Å². The van der Waals surface area contributed by atoms with Crippen molar-refractivity contribution in [3.05, 3.63) is 36.0 Å². The molecule has 0 aromatic heterocycles. The molecule has 0 radical (unpaired) electrons. The summed E-state index contributed by atoms with van der Waals surface area (Å²) in [6.07, 6.45) is 2.77. The first kappa shape index (κ1) is 14.5. The second kappa shape index (κ2) is 7.71. The summed E-state index contributed by atoms with van der Waals surface area (Å²) in [6, 6.07) is 0. The molecule has 0 rings (SSSR count). The molecule has 1 atom stereocenters. The molecule has 0 aliphatic heterocycles. The second-order valence-corrected chi connectivity index (χ2v) is 4.88. The molecular formula is C12H20FNS. The summed E-state index contributed by atoms with van der Waals surface area (Å²) in [5, 5.41) is 0.341. The quantitative estimate of drug-likeness (QED) is 0.613. The van der Waals surface area contributed by atoms with Gasteiger partial charge in [0.1, 0.15) is 5.83 Å². The highest BCUT2D eigenvalue weighted by atomic mass is 32.2. The number of halogens is 1. The van der Waals surface area contributed by atoms with Crippen LogP contribution in [0.1, 0.15) is 13.8 Å². The van der Waals surface area contributed by atoms with Gasteiger partial charge in [-0.1, -0.05) is 33.1 Å². The minimum Gasteiger partial charge on any atom is -0.306 e. The van der Waals surface area contributed by atoms with Gasteiger partial charge in [-0.3, -0.25) is 0 Å². The van der Waals surface area contributed by atoms with E-state index in [0.717, 1.165) is 13.1 Å². The molecule has 0 aromatic rings. The van der Waals surface area contributed by atoms with Gasteiger partial charge in [0.2, 0.25) is 0 Å². The van der Waals surface area contributed by atoms with Crippen LogP contribution in [0.15, 0.2) is 36.0 Å². The smallest absolute Gasteiger partial charge is 0.136 e. The molecule has 0 aliphatic rings. The van der Waals surface area contributed by atoms with Crippen molar-refractivity contribution in [3.8, 4) is 0 Å². The lowest BCUT2D eigenvalue weighted by Crippen LogP contribution is -2.25. The Morgan fingerprint density at radius 1 is 1.47 bits per heavy atom. The van der Waals surface area contributed by atoms with Crippen molar-refractivity contribution in [3.63, 3.8) is 0 Å². The highest BCUT2D eigenvalue weighted by Gasteiger charge is 2.09. The standard InChI is InChI=1S/C12H20FNS/c1-6-11(13)12(7-2)15-10(4)9-14(5)8-3/h6-7,10H,1-2,8-9H2,3-5H3/b12-11-. The average Bonchev–Trinajstić information content (AvgIpc) is 2.24.